The van der Waals surface area contributed by atoms with Crippen molar-refractivity contribution in [3.05, 3.63) is 0 Å². The van der Waals surface area contributed by atoms with E-state index in [0.717, 1.165) is 25.3 Å². The first-order valence-electron chi connectivity index (χ1n) is 5.55. The van der Waals surface area contributed by atoms with Gasteiger partial charge < -0.3 is 4.90 Å². The Morgan fingerprint density at radius 1 is 1.14 bits per heavy atom. The summed E-state index contributed by atoms with van der Waals surface area (Å²) in [4.78, 5) is 13.1. The predicted octanol–water partition coefficient (Wildman–Crippen LogP) is 2.78. The van der Waals surface area contributed by atoms with Crippen molar-refractivity contribution in [1.82, 2.24) is 4.90 Å². The van der Waals surface area contributed by atoms with Crippen LogP contribution in [0, 0.1) is 0 Å². The zero-order chi connectivity index (χ0) is 10.8. The third-order valence-corrected chi connectivity index (χ3v) is 3.14. The molecule has 0 aliphatic heterocycles. The molecule has 0 fully saturated rings. The van der Waals surface area contributed by atoms with Crippen molar-refractivity contribution < 1.29 is 4.79 Å². The van der Waals surface area contributed by atoms with Crippen LogP contribution in [0.15, 0.2) is 0 Å². The molecule has 84 valence electrons. The average molecular weight is 217 g/mol. The van der Waals surface area contributed by atoms with E-state index >= 15 is 0 Å². The van der Waals surface area contributed by atoms with Gasteiger partial charge in [0.25, 0.3) is 0 Å². The van der Waals surface area contributed by atoms with Crippen molar-refractivity contribution in [1.29, 1.82) is 0 Å². The molecule has 0 atom stereocenters. The van der Waals surface area contributed by atoms with Crippen molar-refractivity contribution in [2.75, 3.05) is 24.6 Å². The fraction of sp³-hybridized carbons (Fsp3) is 0.909. The SMILES string of the molecule is CCCCSCCN(CCC)C(C)=O. The molecule has 0 aliphatic rings. The Bertz CT molecular complexity index is 150. The van der Waals surface area contributed by atoms with Crippen molar-refractivity contribution in [3.8, 4) is 0 Å². The van der Waals surface area contributed by atoms with Crippen LogP contribution in [-0.2, 0) is 4.79 Å². The maximum absolute atomic E-state index is 11.2. The largest absolute Gasteiger partial charge is 0.342 e. The molecule has 0 rings (SSSR count). The van der Waals surface area contributed by atoms with Crippen LogP contribution >= 0.6 is 11.8 Å². The van der Waals surface area contributed by atoms with Gasteiger partial charge in [-0.3, -0.25) is 4.79 Å². The van der Waals surface area contributed by atoms with Gasteiger partial charge in [0, 0.05) is 25.8 Å². The van der Waals surface area contributed by atoms with Gasteiger partial charge in [0.05, 0.1) is 0 Å². The molecule has 0 spiro atoms. The van der Waals surface area contributed by atoms with Crippen LogP contribution < -0.4 is 0 Å². The fourth-order valence-corrected chi connectivity index (χ4v) is 2.27. The van der Waals surface area contributed by atoms with Gasteiger partial charge in [-0.05, 0) is 18.6 Å². The Morgan fingerprint density at radius 3 is 2.36 bits per heavy atom. The number of hydrogen-bond donors (Lipinski definition) is 0. The highest BCUT2D eigenvalue weighted by atomic mass is 32.2. The number of thioether (sulfide) groups is 1. The zero-order valence-corrected chi connectivity index (χ0v) is 10.5. The quantitative estimate of drug-likeness (QED) is 0.583. The van der Waals surface area contributed by atoms with Crippen LogP contribution in [0.2, 0.25) is 0 Å². The van der Waals surface area contributed by atoms with Crippen molar-refractivity contribution >= 4 is 17.7 Å². The minimum atomic E-state index is 0.211. The minimum Gasteiger partial charge on any atom is -0.342 e. The molecule has 3 heteroatoms. The van der Waals surface area contributed by atoms with E-state index in [2.05, 4.69) is 13.8 Å². The summed E-state index contributed by atoms with van der Waals surface area (Å²) in [6, 6.07) is 0. The van der Waals surface area contributed by atoms with E-state index in [1.165, 1.54) is 18.6 Å². The molecule has 0 aromatic rings. The summed E-state index contributed by atoms with van der Waals surface area (Å²) >= 11 is 1.96. The molecular weight excluding hydrogens is 194 g/mol. The van der Waals surface area contributed by atoms with Gasteiger partial charge >= 0.3 is 0 Å². The minimum absolute atomic E-state index is 0.211. The van der Waals surface area contributed by atoms with Gasteiger partial charge in [-0.15, -0.1) is 0 Å². The summed E-state index contributed by atoms with van der Waals surface area (Å²) in [6.07, 6.45) is 3.61. The molecule has 0 aliphatic carbocycles. The van der Waals surface area contributed by atoms with Crippen LogP contribution in [0.4, 0.5) is 0 Å². The van der Waals surface area contributed by atoms with Gasteiger partial charge in [0.2, 0.25) is 5.91 Å². The number of hydrogen-bond acceptors (Lipinski definition) is 2. The molecule has 0 heterocycles. The van der Waals surface area contributed by atoms with E-state index in [1.807, 2.05) is 16.7 Å². The molecule has 1 amide bonds. The lowest BCUT2D eigenvalue weighted by atomic mass is 10.4. The topological polar surface area (TPSA) is 20.3 Å². The molecule has 0 aromatic heterocycles. The molecule has 0 bridgehead atoms. The first kappa shape index (κ1) is 13.8. The summed E-state index contributed by atoms with van der Waals surface area (Å²) < 4.78 is 0. The van der Waals surface area contributed by atoms with Crippen molar-refractivity contribution in [3.63, 3.8) is 0 Å². The molecule has 2 nitrogen and oxygen atoms in total. The van der Waals surface area contributed by atoms with Crippen molar-refractivity contribution in [2.45, 2.75) is 40.0 Å². The van der Waals surface area contributed by atoms with E-state index in [9.17, 15) is 4.79 Å². The number of nitrogens with zero attached hydrogens (tertiary/aromatic N) is 1. The monoisotopic (exact) mass is 217 g/mol. The van der Waals surface area contributed by atoms with Crippen LogP contribution in [0.3, 0.4) is 0 Å². The van der Waals surface area contributed by atoms with Crippen molar-refractivity contribution in [2.24, 2.45) is 0 Å². The Balaban J connectivity index is 3.46. The fourth-order valence-electron chi connectivity index (χ4n) is 1.22. The molecule has 0 N–H and O–H groups in total. The second-order valence-electron chi connectivity index (χ2n) is 3.47. The lowest BCUT2D eigenvalue weighted by Crippen LogP contribution is -2.31. The zero-order valence-electron chi connectivity index (χ0n) is 9.71. The second-order valence-corrected chi connectivity index (χ2v) is 4.70. The lowest BCUT2D eigenvalue weighted by Gasteiger charge is -2.19. The number of rotatable bonds is 8. The van der Waals surface area contributed by atoms with Gasteiger partial charge in [-0.25, -0.2) is 0 Å². The number of amides is 1. The highest BCUT2D eigenvalue weighted by Gasteiger charge is 2.05. The molecule has 0 saturated heterocycles. The Kier molecular flexibility index (Phi) is 9.26. The highest BCUT2D eigenvalue weighted by Crippen LogP contribution is 2.05. The lowest BCUT2D eigenvalue weighted by molar-refractivity contribution is -0.128. The Labute approximate surface area is 92.4 Å². The second kappa shape index (κ2) is 9.38. The van der Waals surface area contributed by atoms with E-state index in [-0.39, 0.29) is 5.91 Å². The summed E-state index contributed by atoms with van der Waals surface area (Å²) in [5.74, 6) is 2.52. The maximum Gasteiger partial charge on any atom is 0.219 e. The van der Waals surface area contributed by atoms with Gasteiger partial charge in [0.1, 0.15) is 0 Å². The van der Waals surface area contributed by atoms with Crippen LogP contribution in [0.25, 0.3) is 0 Å². The van der Waals surface area contributed by atoms with E-state index < -0.39 is 0 Å². The maximum atomic E-state index is 11.2. The Hall–Kier alpha value is -0.180. The molecule has 0 saturated carbocycles. The Morgan fingerprint density at radius 2 is 1.86 bits per heavy atom. The van der Waals surface area contributed by atoms with Crippen LogP contribution in [-0.4, -0.2) is 35.4 Å². The number of carbonyl (C=O) groups excluding carboxylic acids is 1. The number of carbonyl (C=O) groups is 1. The number of unbranched alkanes of at least 4 members (excludes halogenated alkanes) is 1. The standard InChI is InChI=1S/C11H23NOS/c1-4-6-9-14-10-8-12(7-5-2)11(3)13/h4-10H2,1-3H3. The summed E-state index contributed by atoms with van der Waals surface area (Å²) in [5, 5.41) is 0. The summed E-state index contributed by atoms with van der Waals surface area (Å²) in [7, 11) is 0. The first-order chi connectivity index (χ1) is 6.72. The van der Waals surface area contributed by atoms with Crippen LogP contribution in [0.1, 0.15) is 40.0 Å². The summed E-state index contributed by atoms with van der Waals surface area (Å²) in [6.45, 7) is 7.80. The smallest absolute Gasteiger partial charge is 0.219 e. The predicted molar refractivity (Wildman–Crippen MR) is 64.8 cm³/mol. The third-order valence-electron chi connectivity index (χ3n) is 2.09. The molecule has 14 heavy (non-hydrogen) atoms. The van der Waals surface area contributed by atoms with E-state index in [0.29, 0.717) is 0 Å². The van der Waals surface area contributed by atoms with Gasteiger partial charge in [0.15, 0.2) is 0 Å². The van der Waals surface area contributed by atoms with Gasteiger partial charge in [-0.2, -0.15) is 11.8 Å². The molecular formula is C11H23NOS. The molecule has 0 radical (unpaired) electrons. The van der Waals surface area contributed by atoms with E-state index in [1.54, 1.807) is 6.92 Å². The summed E-state index contributed by atoms with van der Waals surface area (Å²) in [5.41, 5.74) is 0. The third kappa shape index (κ3) is 7.25. The molecule has 0 unspecified atom stereocenters. The highest BCUT2D eigenvalue weighted by molar-refractivity contribution is 7.99. The molecule has 0 aromatic carbocycles. The average Bonchev–Trinajstić information content (AvgIpc) is 2.15. The van der Waals surface area contributed by atoms with Crippen LogP contribution in [0.5, 0.6) is 0 Å². The van der Waals surface area contributed by atoms with Gasteiger partial charge in [-0.1, -0.05) is 20.3 Å². The normalized spacial score (nSPS) is 10.2. The first-order valence-corrected chi connectivity index (χ1v) is 6.71. The van der Waals surface area contributed by atoms with E-state index in [4.69, 9.17) is 0 Å².